The van der Waals surface area contributed by atoms with Gasteiger partial charge >= 0.3 is 11.9 Å². The third-order valence-electron chi connectivity index (χ3n) is 6.71. The van der Waals surface area contributed by atoms with Crippen molar-refractivity contribution in [2.75, 3.05) is 6.61 Å². The average molecular weight is 371 g/mol. The average Bonchev–Trinajstić information content (AvgIpc) is 2.51. The van der Waals surface area contributed by atoms with E-state index in [2.05, 4.69) is 41.5 Å². The van der Waals surface area contributed by atoms with Gasteiger partial charge in [-0.25, -0.2) is 4.79 Å². The Kier molecular flexibility index (Phi) is 8.40. The molecule has 0 saturated heterocycles. The van der Waals surface area contributed by atoms with Crippen molar-refractivity contribution in [3.05, 3.63) is 0 Å². The van der Waals surface area contributed by atoms with Crippen molar-refractivity contribution in [1.29, 1.82) is 0 Å². The van der Waals surface area contributed by atoms with Gasteiger partial charge in [-0.1, -0.05) is 61.8 Å². The van der Waals surface area contributed by atoms with E-state index < -0.39 is 17.0 Å². The normalized spacial score (nSPS) is 15.5. The van der Waals surface area contributed by atoms with Gasteiger partial charge in [0.05, 0.1) is 5.41 Å². The van der Waals surface area contributed by atoms with Crippen LogP contribution in [-0.4, -0.2) is 24.1 Å². The number of esters is 2. The molecule has 0 bridgehead atoms. The van der Waals surface area contributed by atoms with Crippen LogP contribution in [0, 0.1) is 22.2 Å². The highest BCUT2D eigenvalue weighted by molar-refractivity contribution is 5.81. The Morgan fingerprint density at radius 3 is 1.77 bits per heavy atom. The van der Waals surface area contributed by atoms with Crippen molar-refractivity contribution < 1.29 is 19.1 Å². The van der Waals surface area contributed by atoms with Gasteiger partial charge in [0.15, 0.2) is 6.61 Å². The zero-order valence-corrected chi connectivity index (χ0v) is 19.0. The lowest BCUT2D eigenvalue weighted by atomic mass is 9.58. The highest BCUT2D eigenvalue weighted by atomic mass is 16.6. The molecule has 154 valence electrons. The summed E-state index contributed by atoms with van der Waals surface area (Å²) in [6.45, 7) is 22.1. The first-order chi connectivity index (χ1) is 11.5. The molecule has 26 heavy (non-hydrogen) atoms. The molecule has 0 N–H and O–H groups in total. The van der Waals surface area contributed by atoms with Gasteiger partial charge in [-0.15, -0.1) is 0 Å². The van der Waals surface area contributed by atoms with Crippen molar-refractivity contribution >= 4 is 11.9 Å². The first-order valence-electron chi connectivity index (χ1n) is 9.93. The highest BCUT2D eigenvalue weighted by Crippen LogP contribution is 2.50. The predicted molar refractivity (Wildman–Crippen MR) is 107 cm³/mol. The van der Waals surface area contributed by atoms with E-state index in [1.54, 1.807) is 0 Å². The Morgan fingerprint density at radius 2 is 1.38 bits per heavy atom. The van der Waals surface area contributed by atoms with Crippen LogP contribution in [0.3, 0.4) is 0 Å². The van der Waals surface area contributed by atoms with Gasteiger partial charge in [-0.3, -0.25) is 4.79 Å². The quantitative estimate of drug-likeness (QED) is 0.458. The summed E-state index contributed by atoms with van der Waals surface area (Å²) in [4.78, 5) is 25.2. The van der Waals surface area contributed by atoms with E-state index in [4.69, 9.17) is 9.47 Å². The van der Waals surface area contributed by atoms with Gasteiger partial charge in [0, 0.05) is 0 Å². The Hall–Kier alpha value is -1.06. The summed E-state index contributed by atoms with van der Waals surface area (Å²) in [5.74, 6) is -0.634. The molecular formula is C22H42O4. The Labute approximate surface area is 161 Å². The van der Waals surface area contributed by atoms with Crippen molar-refractivity contribution in [2.45, 2.75) is 101 Å². The van der Waals surface area contributed by atoms with Gasteiger partial charge in [-0.2, -0.15) is 0 Å². The molecule has 0 amide bonds. The van der Waals surface area contributed by atoms with Gasteiger partial charge in [0.1, 0.15) is 5.60 Å². The van der Waals surface area contributed by atoms with Crippen LogP contribution < -0.4 is 0 Å². The molecule has 0 saturated carbocycles. The summed E-state index contributed by atoms with van der Waals surface area (Å²) in [7, 11) is 0. The first-order valence-corrected chi connectivity index (χ1v) is 9.93. The molecule has 0 aromatic carbocycles. The monoisotopic (exact) mass is 370 g/mol. The summed E-state index contributed by atoms with van der Waals surface area (Å²) < 4.78 is 10.9. The van der Waals surface area contributed by atoms with Crippen LogP contribution in [0.1, 0.15) is 95.4 Å². The van der Waals surface area contributed by atoms with Gasteiger partial charge < -0.3 is 9.47 Å². The standard InChI is InChI=1S/C22H42O4/c1-12-19(5,6)15-22(11,20(7,8)13-2)18(24)25-14-17(23)26-21(9,10)16(3)4/h16H,12-15H2,1-11H3. The van der Waals surface area contributed by atoms with E-state index in [1.807, 2.05) is 34.6 Å². The maximum atomic E-state index is 13.0. The number of carbonyl (C=O) groups excluding carboxylic acids is 2. The number of rotatable bonds is 10. The van der Waals surface area contributed by atoms with Crippen molar-refractivity contribution in [1.82, 2.24) is 0 Å². The van der Waals surface area contributed by atoms with Crippen LogP contribution in [0.5, 0.6) is 0 Å². The molecule has 1 unspecified atom stereocenters. The lowest BCUT2D eigenvalue weighted by molar-refractivity contribution is -0.179. The zero-order valence-electron chi connectivity index (χ0n) is 19.0. The first kappa shape index (κ1) is 24.9. The lowest BCUT2D eigenvalue weighted by Crippen LogP contribution is -2.46. The molecule has 0 aliphatic carbocycles. The molecule has 0 rings (SSSR count). The van der Waals surface area contributed by atoms with Crippen LogP contribution in [0.2, 0.25) is 0 Å². The summed E-state index contributed by atoms with van der Waals surface area (Å²) >= 11 is 0. The summed E-state index contributed by atoms with van der Waals surface area (Å²) in [6, 6.07) is 0. The minimum atomic E-state index is -0.672. The Balaban J connectivity index is 5.26. The van der Waals surface area contributed by atoms with Gasteiger partial charge in [0.2, 0.25) is 0 Å². The number of ether oxygens (including phenoxy) is 2. The van der Waals surface area contributed by atoms with E-state index in [9.17, 15) is 9.59 Å². The van der Waals surface area contributed by atoms with Crippen molar-refractivity contribution in [3.8, 4) is 0 Å². The molecule has 4 nitrogen and oxygen atoms in total. The smallest absolute Gasteiger partial charge is 0.344 e. The topological polar surface area (TPSA) is 52.6 Å². The summed E-state index contributed by atoms with van der Waals surface area (Å²) in [5, 5.41) is 0. The van der Waals surface area contributed by atoms with Gasteiger partial charge in [0.25, 0.3) is 0 Å². The molecule has 1 atom stereocenters. The fourth-order valence-electron chi connectivity index (χ4n) is 2.78. The highest BCUT2D eigenvalue weighted by Gasteiger charge is 2.50. The third kappa shape index (κ3) is 6.28. The van der Waals surface area contributed by atoms with Crippen LogP contribution in [0.15, 0.2) is 0 Å². The number of carbonyl (C=O) groups is 2. The maximum Gasteiger partial charge on any atom is 0.344 e. The van der Waals surface area contributed by atoms with Crippen LogP contribution in [-0.2, 0) is 19.1 Å². The minimum Gasteiger partial charge on any atom is -0.457 e. The maximum absolute atomic E-state index is 13.0. The summed E-state index contributed by atoms with van der Waals surface area (Å²) in [6.07, 6.45) is 2.53. The van der Waals surface area contributed by atoms with E-state index in [1.165, 1.54) is 0 Å². The number of hydrogen-bond acceptors (Lipinski definition) is 4. The molecule has 0 aromatic heterocycles. The van der Waals surface area contributed by atoms with E-state index in [0.717, 1.165) is 12.8 Å². The molecule has 0 aromatic rings. The molecular weight excluding hydrogens is 328 g/mol. The van der Waals surface area contributed by atoms with Crippen LogP contribution in [0.25, 0.3) is 0 Å². The predicted octanol–water partition coefficient (Wildman–Crippen LogP) is 5.78. The summed E-state index contributed by atoms with van der Waals surface area (Å²) in [5.41, 5.74) is -1.48. The largest absolute Gasteiger partial charge is 0.457 e. The second kappa shape index (κ2) is 8.75. The van der Waals surface area contributed by atoms with E-state index in [0.29, 0.717) is 6.42 Å². The third-order valence-corrected chi connectivity index (χ3v) is 6.71. The SMILES string of the molecule is CCC(C)(C)CC(C)(C(=O)OCC(=O)OC(C)(C)C(C)C)C(C)(C)CC. The molecule has 0 spiro atoms. The second-order valence-electron chi connectivity index (χ2n) is 10.1. The molecule has 0 aliphatic rings. The zero-order chi connectivity index (χ0) is 21.0. The molecule has 0 heterocycles. The lowest BCUT2D eigenvalue weighted by Gasteiger charge is -2.45. The fraction of sp³-hybridized carbons (Fsp3) is 0.909. The molecule has 0 fully saturated rings. The minimum absolute atomic E-state index is 0.0142. The second-order valence-corrected chi connectivity index (χ2v) is 10.1. The van der Waals surface area contributed by atoms with Crippen LogP contribution in [0.4, 0.5) is 0 Å². The van der Waals surface area contributed by atoms with E-state index >= 15 is 0 Å². The van der Waals surface area contributed by atoms with Crippen molar-refractivity contribution in [3.63, 3.8) is 0 Å². The molecule has 0 radical (unpaired) electrons. The Bertz CT molecular complexity index is 488. The van der Waals surface area contributed by atoms with E-state index in [-0.39, 0.29) is 29.3 Å². The van der Waals surface area contributed by atoms with Gasteiger partial charge in [-0.05, 0) is 50.4 Å². The fourth-order valence-corrected chi connectivity index (χ4v) is 2.78. The van der Waals surface area contributed by atoms with Crippen LogP contribution >= 0.6 is 0 Å². The Morgan fingerprint density at radius 1 is 0.885 bits per heavy atom. The molecule has 4 heteroatoms. The number of hydrogen-bond donors (Lipinski definition) is 0. The van der Waals surface area contributed by atoms with Crippen molar-refractivity contribution in [2.24, 2.45) is 22.2 Å². The molecule has 0 aliphatic heterocycles.